The van der Waals surface area contributed by atoms with Gasteiger partial charge in [0, 0.05) is 16.7 Å². The number of carbonyl (C=O) groups excluding carboxylic acids is 2. The number of anilines is 1. The summed E-state index contributed by atoms with van der Waals surface area (Å²) >= 11 is 3.45. The molecule has 4 aromatic rings. The van der Waals surface area contributed by atoms with Crippen LogP contribution in [0.1, 0.15) is 23.0 Å². The summed E-state index contributed by atoms with van der Waals surface area (Å²) in [5, 5.41) is 3.04. The van der Waals surface area contributed by atoms with E-state index < -0.39 is 5.54 Å². The second-order valence-electron chi connectivity index (χ2n) is 8.23. The van der Waals surface area contributed by atoms with E-state index in [4.69, 9.17) is 4.42 Å². The van der Waals surface area contributed by atoms with Crippen molar-refractivity contribution in [2.45, 2.75) is 25.6 Å². The molecular weight excluding hydrogens is 482 g/mol. The number of fused-ring (bicyclic) bond motifs is 1. The predicted octanol–water partition coefficient (Wildman–Crippen LogP) is 5.25. The lowest BCUT2D eigenvalue weighted by Crippen LogP contribution is -2.64. The average molecular weight is 504 g/mol. The highest BCUT2D eigenvalue weighted by Crippen LogP contribution is 2.36. The van der Waals surface area contributed by atoms with Crippen LogP contribution < -0.4 is 10.2 Å². The number of nitrogens with one attached hydrogen (secondary N) is 1. The Morgan fingerprint density at radius 1 is 1.00 bits per heavy atom. The molecule has 5 rings (SSSR count). The number of halogens is 1. The molecular formula is C26H22BrN3O3. The van der Waals surface area contributed by atoms with Gasteiger partial charge in [-0.1, -0.05) is 46.3 Å². The van der Waals surface area contributed by atoms with Crippen molar-refractivity contribution >= 4 is 33.4 Å². The second-order valence-corrected chi connectivity index (χ2v) is 9.14. The third-order valence-corrected chi connectivity index (χ3v) is 6.53. The number of rotatable bonds is 5. The summed E-state index contributed by atoms with van der Waals surface area (Å²) in [5.74, 6) is 0.185. The Labute approximate surface area is 200 Å². The number of carbonyl (C=O) groups is 2. The molecule has 1 aliphatic heterocycles. The van der Waals surface area contributed by atoms with Crippen molar-refractivity contribution in [3.05, 3.63) is 101 Å². The molecule has 7 heteroatoms. The zero-order valence-corrected chi connectivity index (χ0v) is 19.6. The van der Waals surface area contributed by atoms with Crippen molar-refractivity contribution in [1.82, 2.24) is 9.88 Å². The van der Waals surface area contributed by atoms with Crippen LogP contribution in [0.4, 0.5) is 5.69 Å². The van der Waals surface area contributed by atoms with Gasteiger partial charge in [-0.2, -0.15) is 0 Å². The molecule has 6 nitrogen and oxygen atoms in total. The quantitative estimate of drug-likeness (QED) is 0.404. The van der Waals surface area contributed by atoms with Gasteiger partial charge in [-0.05, 0) is 61.0 Å². The number of amides is 2. The van der Waals surface area contributed by atoms with Crippen LogP contribution in [0.25, 0.3) is 11.5 Å². The van der Waals surface area contributed by atoms with Gasteiger partial charge in [-0.25, -0.2) is 0 Å². The van der Waals surface area contributed by atoms with Gasteiger partial charge in [0.15, 0.2) is 0 Å². The smallest absolute Gasteiger partial charge is 0.275 e. The maximum absolute atomic E-state index is 13.8. The average Bonchev–Trinajstić information content (AvgIpc) is 3.49. The first-order valence-electron chi connectivity index (χ1n) is 10.6. The molecule has 0 saturated heterocycles. The topological polar surface area (TPSA) is 67.5 Å². The number of nitrogens with zero attached hydrogens (tertiary/aromatic N) is 2. The summed E-state index contributed by atoms with van der Waals surface area (Å²) < 4.78 is 8.36. The van der Waals surface area contributed by atoms with Crippen LogP contribution in [0.5, 0.6) is 0 Å². The third-order valence-electron chi connectivity index (χ3n) is 6.01. The van der Waals surface area contributed by atoms with Gasteiger partial charge in [0.2, 0.25) is 5.91 Å². The number of hydrogen-bond acceptors (Lipinski definition) is 3. The van der Waals surface area contributed by atoms with E-state index in [2.05, 4.69) is 21.2 Å². The highest BCUT2D eigenvalue weighted by Gasteiger charge is 2.48. The summed E-state index contributed by atoms with van der Waals surface area (Å²) in [5.41, 5.74) is 1.77. The van der Waals surface area contributed by atoms with Gasteiger partial charge in [-0.3, -0.25) is 14.5 Å². The number of aromatic nitrogens is 1. The van der Waals surface area contributed by atoms with E-state index in [0.29, 0.717) is 23.7 Å². The van der Waals surface area contributed by atoms with Crippen LogP contribution in [-0.2, 0) is 17.9 Å². The second kappa shape index (κ2) is 8.41. The predicted molar refractivity (Wildman–Crippen MR) is 130 cm³/mol. The number of benzene rings is 2. The maximum atomic E-state index is 13.8. The first-order chi connectivity index (χ1) is 16.0. The van der Waals surface area contributed by atoms with E-state index in [-0.39, 0.29) is 18.4 Å². The normalized spacial score (nSPS) is 17.6. The minimum Gasteiger partial charge on any atom is -0.463 e. The van der Waals surface area contributed by atoms with Gasteiger partial charge in [0.05, 0.1) is 18.5 Å². The fraction of sp³-hybridized carbons (Fsp3) is 0.154. The van der Waals surface area contributed by atoms with Crippen molar-refractivity contribution < 1.29 is 14.0 Å². The van der Waals surface area contributed by atoms with E-state index in [9.17, 15) is 9.59 Å². The molecule has 1 N–H and O–H groups in total. The summed E-state index contributed by atoms with van der Waals surface area (Å²) in [6.07, 6.45) is 1.60. The van der Waals surface area contributed by atoms with Crippen LogP contribution in [0.15, 0.2) is 94.0 Å². The molecule has 1 aliphatic rings. The SMILES string of the molecule is C[C@]1(C(=O)NCc2ccccc2)Cn2c(ccc2-c2ccco2)C(=O)N1c1ccc(Br)cc1. The lowest BCUT2D eigenvalue weighted by Gasteiger charge is -2.44. The lowest BCUT2D eigenvalue weighted by atomic mass is 9.93. The Hall–Kier alpha value is -3.58. The van der Waals surface area contributed by atoms with E-state index in [1.807, 2.05) is 78.2 Å². The van der Waals surface area contributed by atoms with Crippen molar-refractivity contribution in [1.29, 1.82) is 0 Å². The van der Waals surface area contributed by atoms with Gasteiger partial charge in [0.25, 0.3) is 5.91 Å². The largest absolute Gasteiger partial charge is 0.463 e. The summed E-state index contributed by atoms with van der Waals surface area (Å²) in [6.45, 7) is 2.47. The van der Waals surface area contributed by atoms with Gasteiger partial charge >= 0.3 is 0 Å². The Balaban J connectivity index is 1.56. The monoisotopic (exact) mass is 503 g/mol. The zero-order chi connectivity index (χ0) is 23.0. The van der Waals surface area contributed by atoms with E-state index in [1.54, 1.807) is 23.3 Å². The van der Waals surface area contributed by atoms with Crippen LogP contribution in [0.2, 0.25) is 0 Å². The highest BCUT2D eigenvalue weighted by molar-refractivity contribution is 9.10. The lowest BCUT2D eigenvalue weighted by molar-refractivity contribution is -0.126. The maximum Gasteiger partial charge on any atom is 0.275 e. The fourth-order valence-corrected chi connectivity index (χ4v) is 4.58. The summed E-state index contributed by atoms with van der Waals surface area (Å²) in [6, 6.07) is 24.4. The molecule has 0 aliphatic carbocycles. The molecule has 0 radical (unpaired) electrons. The van der Waals surface area contributed by atoms with E-state index in [1.165, 1.54) is 0 Å². The molecule has 166 valence electrons. The molecule has 2 amide bonds. The first-order valence-corrected chi connectivity index (χ1v) is 11.4. The van der Waals surface area contributed by atoms with Crippen LogP contribution in [-0.4, -0.2) is 21.9 Å². The number of furan rings is 1. The molecule has 2 aromatic carbocycles. The highest BCUT2D eigenvalue weighted by atomic mass is 79.9. The van der Waals surface area contributed by atoms with Crippen molar-refractivity contribution in [2.75, 3.05) is 4.90 Å². The molecule has 33 heavy (non-hydrogen) atoms. The van der Waals surface area contributed by atoms with Gasteiger partial charge < -0.3 is 14.3 Å². The van der Waals surface area contributed by atoms with Gasteiger partial charge in [-0.15, -0.1) is 0 Å². The Morgan fingerprint density at radius 2 is 1.73 bits per heavy atom. The molecule has 2 aromatic heterocycles. The van der Waals surface area contributed by atoms with Crippen LogP contribution >= 0.6 is 15.9 Å². The van der Waals surface area contributed by atoms with Crippen molar-refractivity contribution in [3.8, 4) is 11.5 Å². The Bertz CT molecular complexity index is 1300. The minimum absolute atomic E-state index is 0.229. The standard InChI is InChI=1S/C26H22BrN3O3/c1-26(25(32)28-16-18-6-3-2-4-7-18)17-29-21(23-8-5-15-33-23)13-14-22(29)24(31)30(26)20-11-9-19(27)10-12-20/h2-15H,16-17H2,1H3,(H,28,32)/t26-/m1/s1. The molecule has 0 unspecified atom stereocenters. The van der Waals surface area contributed by atoms with E-state index >= 15 is 0 Å². The first kappa shape index (κ1) is 21.3. The Kier molecular flexibility index (Phi) is 5.42. The molecule has 0 fully saturated rings. The molecule has 0 spiro atoms. The molecule has 0 saturated carbocycles. The Morgan fingerprint density at radius 3 is 2.42 bits per heavy atom. The molecule has 1 atom stereocenters. The minimum atomic E-state index is -1.16. The zero-order valence-electron chi connectivity index (χ0n) is 18.0. The van der Waals surface area contributed by atoms with Crippen LogP contribution in [0, 0.1) is 0 Å². The van der Waals surface area contributed by atoms with Crippen molar-refractivity contribution in [3.63, 3.8) is 0 Å². The third kappa shape index (κ3) is 3.78. The van der Waals surface area contributed by atoms with E-state index in [0.717, 1.165) is 15.7 Å². The van der Waals surface area contributed by atoms with Gasteiger partial charge in [0.1, 0.15) is 17.0 Å². The summed E-state index contributed by atoms with van der Waals surface area (Å²) in [4.78, 5) is 29.0. The fourth-order valence-electron chi connectivity index (χ4n) is 4.32. The molecule has 0 bridgehead atoms. The number of hydrogen-bond donors (Lipinski definition) is 1. The summed E-state index contributed by atoms with van der Waals surface area (Å²) in [7, 11) is 0. The van der Waals surface area contributed by atoms with Crippen LogP contribution in [0.3, 0.4) is 0 Å². The van der Waals surface area contributed by atoms with Crippen molar-refractivity contribution in [2.24, 2.45) is 0 Å². The molecule has 3 heterocycles.